The SMILES string of the molecule is Cc1ccc(C(=O)NNC(=O)CCNC(=O)c2ccc(Cl)cc2)cc1. The topological polar surface area (TPSA) is 87.3 Å². The summed E-state index contributed by atoms with van der Waals surface area (Å²) in [4.78, 5) is 35.4. The van der Waals surface area contributed by atoms with Gasteiger partial charge in [0.25, 0.3) is 11.8 Å². The third kappa shape index (κ3) is 5.93. The van der Waals surface area contributed by atoms with E-state index in [-0.39, 0.29) is 18.9 Å². The van der Waals surface area contributed by atoms with Gasteiger partial charge in [0.1, 0.15) is 0 Å². The van der Waals surface area contributed by atoms with E-state index < -0.39 is 11.8 Å². The maximum Gasteiger partial charge on any atom is 0.269 e. The molecule has 3 amide bonds. The minimum absolute atomic E-state index is 0.0352. The van der Waals surface area contributed by atoms with Crippen molar-refractivity contribution in [2.75, 3.05) is 6.54 Å². The van der Waals surface area contributed by atoms with E-state index in [1.165, 1.54) is 0 Å². The molecule has 0 saturated heterocycles. The van der Waals surface area contributed by atoms with Gasteiger partial charge in [0.05, 0.1) is 0 Å². The highest BCUT2D eigenvalue weighted by Crippen LogP contribution is 2.09. The van der Waals surface area contributed by atoms with Crippen molar-refractivity contribution in [3.8, 4) is 0 Å². The zero-order valence-electron chi connectivity index (χ0n) is 13.6. The molecule has 0 spiro atoms. The van der Waals surface area contributed by atoms with Crippen LogP contribution in [0.2, 0.25) is 5.02 Å². The summed E-state index contributed by atoms with van der Waals surface area (Å²) < 4.78 is 0. The molecule has 7 heteroatoms. The molecule has 25 heavy (non-hydrogen) atoms. The van der Waals surface area contributed by atoms with E-state index in [4.69, 9.17) is 11.6 Å². The summed E-state index contributed by atoms with van der Waals surface area (Å²) >= 11 is 5.76. The second kappa shape index (κ2) is 8.84. The van der Waals surface area contributed by atoms with Gasteiger partial charge in [-0.2, -0.15) is 0 Å². The quantitative estimate of drug-likeness (QED) is 0.715. The average Bonchev–Trinajstić information content (AvgIpc) is 2.60. The van der Waals surface area contributed by atoms with Crippen molar-refractivity contribution < 1.29 is 14.4 Å². The third-order valence-electron chi connectivity index (χ3n) is 3.37. The summed E-state index contributed by atoms with van der Waals surface area (Å²) in [5, 5.41) is 3.16. The zero-order chi connectivity index (χ0) is 18.2. The second-order valence-corrected chi connectivity index (χ2v) is 5.82. The van der Waals surface area contributed by atoms with Crippen LogP contribution in [0.25, 0.3) is 0 Å². The lowest BCUT2D eigenvalue weighted by Gasteiger charge is -2.08. The zero-order valence-corrected chi connectivity index (χ0v) is 14.4. The number of carbonyl (C=O) groups excluding carboxylic acids is 3. The molecule has 0 aromatic heterocycles. The van der Waals surface area contributed by atoms with Gasteiger partial charge < -0.3 is 5.32 Å². The molecule has 0 saturated carbocycles. The van der Waals surface area contributed by atoms with Crippen molar-refractivity contribution in [3.05, 3.63) is 70.2 Å². The molecule has 3 N–H and O–H groups in total. The van der Waals surface area contributed by atoms with E-state index >= 15 is 0 Å². The van der Waals surface area contributed by atoms with Gasteiger partial charge in [-0.1, -0.05) is 29.3 Å². The first-order valence-corrected chi connectivity index (χ1v) is 8.03. The van der Waals surface area contributed by atoms with E-state index in [9.17, 15) is 14.4 Å². The fourth-order valence-corrected chi connectivity index (χ4v) is 2.08. The number of amides is 3. The molecule has 2 rings (SSSR count). The van der Waals surface area contributed by atoms with Gasteiger partial charge >= 0.3 is 0 Å². The molecule has 0 radical (unpaired) electrons. The lowest BCUT2D eigenvalue weighted by molar-refractivity contribution is -0.121. The highest BCUT2D eigenvalue weighted by molar-refractivity contribution is 6.30. The fraction of sp³-hybridized carbons (Fsp3) is 0.167. The Morgan fingerprint density at radius 3 is 2.04 bits per heavy atom. The smallest absolute Gasteiger partial charge is 0.269 e. The van der Waals surface area contributed by atoms with Crippen molar-refractivity contribution in [3.63, 3.8) is 0 Å². The highest BCUT2D eigenvalue weighted by atomic mass is 35.5. The number of carbonyl (C=O) groups is 3. The number of hydrazine groups is 1. The monoisotopic (exact) mass is 359 g/mol. The number of nitrogens with one attached hydrogen (secondary N) is 3. The van der Waals surface area contributed by atoms with Gasteiger partial charge in [0, 0.05) is 29.1 Å². The summed E-state index contributed by atoms with van der Waals surface area (Å²) in [5.41, 5.74) is 6.58. The molecule has 0 atom stereocenters. The number of aryl methyl sites for hydroxylation is 1. The van der Waals surface area contributed by atoms with Crippen LogP contribution in [-0.4, -0.2) is 24.3 Å². The van der Waals surface area contributed by atoms with E-state index in [0.29, 0.717) is 16.1 Å². The normalized spacial score (nSPS) is 10.0. The Balaban J connectivity index is 1.70. The van der Waals surface area contributed by atoms with Gasteiger partial charge in [-0.25, -0.2) is 0 Å². The van der Waals surface area contributed by atoms with Crippen LogP contribution < -0.4 is 16.2 Å². The Kier molecular flexibility index (Phi) is 6.54. The first-order valence-electron chi connectivity index (χ1n) is 7.65. The third-order valence-corrected chi connectivity index (χ3v) is 3.63. The molecule has 0 bridgehead atoms. The first-order chi connectivity index (χ1) is 12.0. The Morgan fingerprint density at radius 2 is 1.40 bits per heavy atom. The van der Waals surface area contributed by atoms with Crippen LogP contribution in [0.4, 0.5) is 0 Å². The lowest BCUT2D eigenvalue weighted by atomic mass is 10.1. The second-order valence-electron chi connectivity index (χ2n) is 5.38. The maximum atomic E-state index is 11.9. The van der Waals surface area contributed by atoms with Gasteiger partial charge in [0.2, 0.25) is 5.91 Å². The minimum atomic E-state index is -0.406. The summed E-state index contributed by atoms with van der Waals surface area (Å²) in [5.74, 6) is -1.11. The van der Waals surface area contributed by atoms with Crippen molar-refractivity contribution >= 4 is 29.3 Å². The van der Waals surface area contributed by atoms with Crippen LogP contribution in [0.3, 0.4) is 0 Å². The number of hydrogen-bond acceptors (Lipinski definition) is 3. The molecule has 0 fully saturated rings. The van der Waals surface area contributed by atoms with Crippen molar-refractivity contribution in [1.82, 2.24) is 16.2 Å². The van der Waals surface area contributed by atoms with Gasteiger partial charge in [-0.15, -0.1) is 0 Å². The van der Waals surface area contributed by atoms with Crippen molar-refractivity contribution in [1.29, 1.82) is 0 Å². The summed E-state index contributed by atoms with van der Waals surface area (Å²) in [6.45, 7) is 2.06. The van der Waals surface area contributed by atoms with Crippen molar-refractivity contribution in [2.45, 2.75) is 13.3 Å². The number of halogens is 1. The molecular weight excluding hydrogens is 342 g/mol. The van der Waals surface area contributed by atoms with Crippen LogP contribution in [0.15, 0.2) is 48.5 Å². The highest BCUT2D eigenvalue weighted by Gasteiger charge is 2.09. The van der Waals surface area contributed by atoms with Crippen LogP contribution in [0, 0.1) is 6.92 Å². The van der Waals surface area contributed by atoms with E-state index in [1.807, 2.05) is 19.1 Å². The predicted octanol–water partition coefficient (Wildman–Crippen LogP) is 2.23. The molecule has 0 aliphatic rings. The molecule has 0 aliphatic carbocycles. The van der Waals surface area contributed by atoms with Gasteiger partial charge in [-0.05, 0) is 43.3 Å². The summed E-state index contributed by atoms with van der Waals surface area (Å²) in [6, 6.07) is 13.4. The molecule has 2 aromatic carbocycles. The van der Waals surface area contributed by atoms with E-state index in [2.05, 4.69) is 16.2 Å². The van der Waals surface area contributed by atoms with Crippen LogP contribution in [-0.2, 0) is 4.79 Å². The lowest BCUT2D eigenvalue weighted by Crippen LogP contribution is -2.42. The Morgan fingerprint density at radius 1 is 0.840 bits per heavy atom. The Bertz CT molecular complexity index is 758. The van der Waals surface area contributed by atoms with Crippen LogP contribution in [0.5, 0.6) is 0 Å². The molecule has 130 valence electrons. The summed E-state index contributed by atoms with van der Waals surface area (Å²) in [6.07, 6.45) is 0.0352. The van der Waals surface area contributed by atoms with E-state index in [0.717, 1.165) is 5.56 Å². The summed E-state index contributed by atoms with van der Waals surface area (Å²) in [7, 11) is 0. The first kappa shape index (κ1) is 18.5. The fourth-order valence-electron chi connectivity index (χ4n) is 1.96. The molecule has 0 aliphatic heterocycles. The average molecular weight is 360 g/mol. The predicted molar refractivity (Wildman–Crippen MR) is 95.2 cm³/mol. The Hall–Kier alpha value is -2.86. The van der Waals surface area contributed by atoms with Crippen LogP contribution >= 0.6 is 11.6 Å². The maximum absolute atomic E-state index is 11.9. The van der Waals surface area contributed by atoms with Crippen molar-refractivity contribution in [2.24, 2.45) is 0 Å². The largest absolute Gasteiger partial charge is 0.352 e. The number of rotatable bonds is 5. The van der Waals surface area contributed by atoms with Gasteiger partial charge in [-0.3, -0.25) is 25.2 Å². The van der Waals surface area contributed by atoms with Crippen LogP contribution in [0.1, 0.15) is 32.7 Å². The standard InChI is InChI=1S/C18H18ClN3O3/c1-12-2-4-14(5-3-12)18(25)22-21-16(23)10-11-20-17(24)13-6-8-15(19)9-7-13/h2-9H,10-11H2,1H3,(H,20,24)(H,21,23)(H,22,25). The number of hydrogen-bond donors (Lipinski definition) is 3. The van der Waals surface area contributed by atoms with E-state index in [1.54, 1.807) is 36.4 Å². The molecule has 0 unspecified atom stereocenters. The molecule has 0 heterocycles. The Labute approximate surface area is 150 Å². The number of benzene rings is 2. The molecular formula is C18H18ClN3O3. The molecule has 2 aromatic rings. The minimum Gasteiger partial charge on any atom is -0.352 e. The van der Waals surface area contributed by atoms with Gasteiger partial charge in [0.15, 0.2) is 0 Å². The molecule has 6 nitrogen and oxygen atoms in total.